The molecule has 0 amide bonds. The average Bonchev–Trinajstić information content (AvgIpc) is 2.40. The minimum atomic E-state index is 0.459. The van der Waals surface area contributed by atoms with Crippen molar-refractivity contribution in [2.24, 2.45) is 11.8 Å². The number of hydrogen-bond donors (Lipinski definition) is 2. The summed E-state index contributed by atoms with van der Waals surface area (Å²) in [5, 5.41) is 2.17. The highest BCUT2D eigenvalue weighted by Crippen LogP contribution is 2.38. The summed E-state index contributed by atoms with van der Waals surface area (Å²) in [6, 6.07) is 0.459. The van der Waals surface area contributed by atoms with Crippen molar-refractivity contribution in [3.8, 4) is 0 Å². The van der Waals surface area contributed by atoms with Crippen LogP contribution in [0.1, 0.15) is 33.1 Å². The Balaban J connectivity index is 1.83. The van der Waals surface area contributed by atoms with Crippen molar-refractivity contribution in [1.29, 1.82) is 0 Å². The Kier molecular flexibility index (Phi) is 6.15. The van der Waals surface area contributed by atoms with Gasteiger partial charge in [-0.2, -0.15) is 23.5 Å². The highest BCUT2D eigenvalue weighted by molar-refractivity contribution is 8.07. The Hall–Kier alpha value is 0.580. The third kappa shape index (κ3) is 4.04. The number of hydrogen-bond acceptors (Lipinski definition) is 5. The molecule has 2 rings (SSSR count). The van der Waals surface area contributed by atoms with E-state index in [1.54, 1.807) is 0 Å². The molecule has 0 aromatic rings. The summed E-state index contributed by atoms with van der Waals surface area (Å²) < 4.78 is 5.43. The zero-order valence-electron chi connectivity index (χ0n) is 11.4. The lowest BCUT2D eigenvalue weighted by Gasteiger charge is -2.37. The highest BCUT2D eigenvalue weighted by atomic mass is 32.2. The summed E-state index contributed by atoms with van der Waals surface area (Å²) in [6.45, 7) is 6.54. The smallest absolute Gasteiger partial charge is 0.0468 e. The Morgan fingerprint density at radius 2 is 2.00 bits per heavy atom. The molecule has 0 aliphatic carbocycles. The van der Waals surface area contributed by atoms with Crippen LogP contribution in [0.25, 0.3) is 0 Å². The third-order valence-electron chi connectivity index (χ3n) is 4.16. The standard InChI is InChI=1S/C13H26N2OS2/c1-9-10(2)18-13(8-17-9)12(15-14)7-11-3-5-16-6-4-11/h9-13,15H,3-8,14H2,1-2H3. The maximum atomic E-state index is 5.80. The zero-order chi connectivity index (χ0) is 13.0. The second kappa shape index (κ2) is 7.39. The number of nitrogens with two attached hydrogens (primary N) is 1. The number of hydrazine groups is 1. The summed E-state index contributed by atoms with van der Waals surface area (Å²) in [7, 11) is 0. The first kappa shape index (κ1) is 15.0. The normalized spacial score (nSPS) is 36.5. The SMILES string of the molecule is CC1SCC(C(CC2CCOCC2)NN)SC1C. The van der Waals surface area contributed by atoms with Crippen molar-refractivity contribution < 1.29 is 4.74 Å². The second-order valence-electron chi connectivity index (χ2n) is 5.48. The molecule has 0 bridgehead atoms. The molecule has 0 radical (unpaired) electrons. The van der Waals surface area contributed by atoms with Crippen LogP contribution in [0.5, 0.6) is 0 Å². The number of thioether (sulfide) groups is 2. The zero-order valence-corrected chi connectivity index (χ0v) is 13.1. The lowest BCUT2D eigenvalue weighted by Crippen LogP contribution is -2.47. The van der Waals surface area contributed by atoms with Gasteiger partial charge in [0.25, 0.3) is 0 Å². The van der Waals surface area contributed by atoms with E-state index in [0.717, 1.165) is 29.6 Å². The molecule has 2 aliphatic heterocycles. The van der Waals surface area contributed by atoms with Crippen LogP contribution in [-0.2, 0) is 4.74 Å². The van der Waals surface area contributed by atoms with E-state index in [1.165, 1.54) is 25.0 Å². The summed E-state index contributed by atoms with van der Waals surface area (Å²) in [4.78, 5) is 0. The van der Waals surface area contributed by atoms with E-state index in [1.807, 2.05) is 0 Å². The van der Waals surface area contributed by atoms with Crippen molar-refractivity contribution in [2.45, 2.75) is 54.9 Å². The van der Waals surface area contributed by atoms with Gasteiger partial charge in [0.05, 0.1) is 0 Å². The van der Waals surface area contributed by atoms with Crippen LogP contribution in [0.3, 0.4) is 0 Å². The molecule has 106 valence electrons. The number of ether oxygens (including phenoxy) is 1. The molecule has 2 saturated heterocycles. The Morgan fingerprint density at radius 3 is 2.61 bits per heavy atom. The van der Waals surface area contributed by atoms with Crippen LogP contribution in [0.15, 0.2) is 0 Å². The van der Waals surface area contributed by atoms with E-state index in [9.17, 15) is 0 Å². The molecule has 4 atom stereocenters. The minimum Gasteiger partial charge on any atom is -0.381 e. The minimum absolute atomic E-state index is 0.459. The molecule has 5 heteroatoms. The molecular weight excluding hydrogens is 264 g/mol. The van der Waals surface area contributed by atoms with Crippen LogP contribution in [-0.4, -0.2) is 40.8 Å². The highest BCUT2D eigenvalue weighted by Gasteiger charge is 2.32. The third-order valence-corrected chi connectivity index (χ3v) is 7.72. The van der Waals surface area contributed by atoms with E-state index in [-0.39, 0.29) is 0 Å². The average molecular weight is 290 g/mol. The predicted octanol–water partition coefficient (Wildman–Crippen LogP) is 2.26. The maximum absolute atomic E-state index is 5.80. The molecule has 0 spiro atoms. The molecule has 0 saturated carbocycles. The van der Waals surface area contributed by atoms with E-state index in [2.05, 4.69) is 42.8 Å². The Morgan fingerprint density at radius 1 is 1.28 bits per heavy atom. The van der Waals surface area contributed by atoms with Crippen LogP contribution < -0.4 is 11.3 Å². The largest absolute Gasteiger partial charge is 0.381 e. The molecule has 2 aliphatic rings. The van der Waals surface area contributed by atoms with Crippen LogP contribution in [0.2, 0.25) is 0 Å². The Labute approximate surface area is 119 Å². The summed E-state index contributed by atoms with van der Waals surface area (Å²) in [5.74, 6) is 7.82. The number of rotatable bonds is 4. The van der Waals surface area contributed by atoms with E-state index in [4.69, 9.17) is 10.6 Å². The van der Waals surface area contributed by atoms with Gasteiger partial charge in [-0.05, 0) is 25.2 Å². The summed E-state index contributed by atoms with van der Waals surface area (Å²) in [6.07, 6.45) is 3.61. The van der Waals surface area contributed by atoms with Crippen molar-refractivity contribution in [1.82, 2.24) is 5.43 Å². The first-order valence-electron chi connectivity index (χ1n) is 7.01. The molecule has 2 fully saturated rings. The first-order valence-corrected chi connectivity index (χ1v) is 9.00. The van der Waals surface area contributed by atoms with Gasteiger partial charge in [-0.3, -0.25) is 11.3 Å². The van der Waals surface area contributed by atoms with Gasteiger partial charge in [0.1, 0.15) is 0 Å². The molecule has 2 heterocycles. The monoisotopic (exact) mass is 290 g/mol. The van der Waals surface area contributed by atoms with Gasteiger partial charge in [-0.25, -0.2) is 0 Å². The molecule has 0 aromatic carbocycles. The quantitative estimate of drug-likeness (QED) is 0.614. The first-order chi connectivity index (χ1) is 8.70. The van der Waals surface area contributed by atoms with Crippen molar-refractivity contribution in [3.05, 3.63) is 0 Å². The van der Waals surface area contributed by atoms with E-state index >= 15 is 0 Å². The molecule has 3 nitrogen and oxygen atoms in total. The van der Waals surface area contributed by atoms with Crippen molar-refractivity contribution in [3.63, 3.8) is 0 Å². The lowest BCUT2D eigenvalue weighted by molar-refractivity contribution is 0.0606. The topological polar surface area (TPSA) is 47.3 Å². The van der Waals surface area contributed by atoms with Gasteiger partial charge in [0.2, 0.25) is 0 Å². The molecular formula is C13H26N2OS2. The van der Waals surface area contributed by atoms with E-state index in [0.29, 0.717) is 11.3 Å². The van der Waals surface area contributed by atoms with Gasteiger partial charge in [0.15, 0.2) is 0 Å². The lowest BCUT2D eigenvalue weighted by atomic mass is 9.91. The van der Waals surface area contributed by atoms with Gasteiger partial charge < -0.3 is 4.74 Å². The maximum Gasteiger partial charge on any atom is 0.0468 e. The molecule has 3 N–H and O–H groups in total. The second-order valence-corrected chi connectivity index (χ2v) is 8.51. The Bertz CT molecular complexity index is 249. The molecule has 4 unspecified atom stereocenters. The van der Waals surface area contributed by atoms with Crippen LogP contribution in [0, 0.1) is 5.92 Å². The number of nitrogens with one attached hydrogen (secondary N) is 1. The summed E-state index contributed by atoms with van der Waals surface area (Å²) >= 11 is 4.22. The predicted molar refractivity (Wildman–Crippen MR) is 82.0 cm³/mol. The van der Waals surface area contributed by atoms with Gasteiger partial charge in [-0.1, -0.05) is 13.8 Å². The van der Waals surface area contributed by atoms with Crippen molar-refractivity contribution >= 4 is 23.5 Å². The fourth-order valence-electron chi connectivity index (χ4n) is 2.69. The van der Waals surface area contributed by atoms with Crippen molar-refractivity contribution in [2.75, 3.05) is 19.0 Å². The summed E-state index contributed by atoms with van der Waals surface area (Å²) in [5.41, 5.74) is 3.08. The van der Waals surface area contributed by atoms with Crippen LogP contribution in [0.4, 0.5) is 0 Å². The van der Waals surface area contributed by atoms with E-state index < -0.39 is 0 Å². The van der Waals surface area contributed by atoms with Crippen LogP contribution >= 0.6 is 23.5 Å². The van der Waals surface area contributed by atoms with Gasteiger partial charge in [-0.15, -0.1) is 0 Å². The molecule has 18 heavy (non-hydrogen) atoms. The fraction of sp³-hybridized carbons (Fsp3) is 1.00. The van der Waals surface area contributed by atoms with Gasteiger partial charge >= 0.3 is 0 Å². The molecule has 0 aromatic heterocycles. The van der Waals surface area contributed by atoms with Gasteiger partial charge in [0, 0.05) is 40.8 Å². The fourth-order valence-corrected chi connectivity index (χ4v) is 5.81.